The molecule has 0 bridgehead atoms. The summed E-state index contributed by atoms with van der Waals surface area (Å²) in [5, 5.41) is 31.2. The van der Waals surface area contributed by atoms with Crippen LogP contribution in [0.1, 0.15) is 339 Å². The Balaban J connectivity index is 0.000000201. The van der Waals surface area contributed by atoms with Crippen LogP contribution in [0.2, 0.25) is 0 Å². The fourth-order valence-electron chi connectivity index (χ4n) is 24.1. The summed E-state index contributed by atoms with van der Waals surface area (Å²) in [7, 11) is -3.55. The molecule has 34 nitrogen and oxygen atoms in total. The minimum Gasteiger partial charge on any atom is -0.363 e. The van der Waals surface area contributed by atoms with Gasteiger partial charge in [-0.1, -0.05) is 241 Å². The van der Waals surface area contributed by atoms with Crippen LogP contribution in [0.25, 0.3) is 0 Å². The van der Waals surface area contributed by atoms with Crippen LogP contribution in [0.5, 0.6) is 0 Å². The Kier molecular flexibility index (Phi) is 38.9. The van der Waals surface area contributed by atoms with Crippen molar-refractivity contribution in [1.82, 2.24) is 73.2 Å². The van der Waals surface area contributed by atoms with E-state index in [1.807, 2.05) is 13.8 Å². The van der Waals surface area contributed by atoms with Gasteiger partial charge < -0.3 is 78.9 Å². The van der Waals surface area contributed by atoms with Crippen molar-refractivity contribution in [2.45, 2.75) is 416 Å². The third kappa shape index (κ3) is 28.3. The van der Waals surface area contributed by atoms with E-state index >= 15 is 0 Å². The van der Waals surface area contributed by atoms with E-state index in [0.29, 0.717) is 96.7 Å². The summed E-state index contributed by atoms with van der Waals surface area (Å²) in [6.07, 6.45) is 35.6. The van der Waals surface area contributed by atoms with Gasteiger partial charge in [-0.05, 0) is 174 Å². The second-order valence-corrected chi connectivity index (χ2v) is 48.9. The number of rotatable bonds is 24. The zero-order chi connectivity index (χ0) is 102. The van der Waals surface area contributed by atoms with E-state index < -0.39 is 157 Å². The lowest BCUT2D eigenvalue weighted by Gasteiger charge is -2.40. The van der Waals surface area contributed by atoms with Crippen LogP contribution in [-0.2, 0) is 77.0 Å². The quantitative estimate of drug-likeness (QED) is 0.0316. The van der Waals surface area contributed by atoms with E-state index in [0.717, 1.165) is 186 Å². The molecule has 7 saturated carbocycles. The predicted molar refractivity (Wildman–Crippen MR) is 530 cm³/mol. The molecule has 6 saturated heterocycles. The fraction of sp³-hybridized carbons (Fsp3) is 0.800. The first kappa shape index (κ1) is 111. The molecule has 13 N–H and O–H groups in total. The number of amides is 15. The number of sulfone groups is 1. The lowest BCUT2D eigenvalue weighted by atomic mass is 9.81. The van der Waals surface area contributed by atoms with Gasteiger partial charge in [0.25, 0.3) is 17.7 Å². The highest BCUT2D eigenvalue weighted by Gasteiger charge is 2.72. The Morgan fingerprint density at radius 2 is 0.729 bits per heavy atom. The van der Waals surface area contributed by atoms with E-state index in [2.05, 4.69) is 113 Å². The van der Waals surface area contributed by atoms with Crippen molar-refractivity contribution in [3.05, 3.63) is 25.3 Å². The number of ketones is 5. The summed E-state index contributed by atoms with van der Waals surface area (Å²) in [6.45, 7) is 29.8. The molecule has 6 heterocycles. The van der Waals surface area contributed by atoms with Gasteiger partial charge in [-0.2, -0.15) is 0 Å². The smallest absolute Gasteiger partial charge is 0.316 e. The van der Waals surface area contributed by atoms with Crippen LogP contribution in [0, 0.1) is 75.4 Å². The van der Waals surface area contributed by atoms with Gasteiger partial charge in [0.1, 0.15) is 36.3 Å². The van der Waals surface area contributed by atoms with Crippen molar-refractivity contribution in [2.24, 2.45) is 81.2 Å². The number of nitrogens with two attached hydrogens (primary N) is 1. The summed E-state index contributed by atoms with van der Waals surface area (Å²) in [4.78, 5) is 232. The first-order valence-corrected chi connectivity index (χ1v) is 55.0. The van der Waals surface area contributed by atoms with Crippen molar-refractivity contribution in [2.75, 3.05) is 38.5 Å². The van der Waals surface area contributed by atoms with Gasteiger partial charge in [0.2, 0.25) is 52.8 Å². The zero-order valence-corrected chi connectivity index (χ0v) is 86.3. The highest BCUT2D eigenvalue weighted by molar-refractivity contribution is 7.92. The molecule has 0 unspecified atom stereocenters. The molecule has 13 aliphatic rings. The van der Waals surface area contributed by atoms with E-state index in [9.17, 15) is 89.9 Å². The van der Waals surface area contributed by atoms with Gasteiger partial charge in [-0.15, -0.1) is 13.2 Å². The van der Waals surface area contributed by atoms with Crippen molar-refractivity contribution in [3.8, 4) is 0 Å². The maximum Gasteiger partial charge on any atom is 0.316 e. The molecule has 140 heavy (non-hydrogen) atoms. The number of hydrogen-bond donors (Lipinski definition) is 12. The summed E-state index contributed by atoms with van der Waals surface area (Å²) in [5.74, 6) is -7.25. The second kappa shape index (κ2) is 48.9. The van der Waals surface area contributed by atoms with Crippen molar-refractivity contribution in [1.29, 1.82) is 0 Å². The highest BCUT2D eigenvalue weighted by atomic mass is 32.2. The van der Waals surface area contributed by atoms with Crippen LogP contribution >= 0.6 is 0 Å². The number of nitrogens with one attached hydrogen (secondary N) is 11. The van der Waals surface area contributed by atoms with Crippen molar-refractivity contribution in [3.63, 3.8) is 0 Å². The predicted octanol–water partition coefficient (Wildman–Crippen LogP) is 10.1. The van der Waals surface area contributed by atoms with Crippen LogP contribution in [0.15, 0.2) is 25.3 Å². The number of fused-ring (bicyclic) bond motifs is 9. The molecule has 13 fully saturated rings. The van der Waals surface area contributed by atoms with E-state index in [1.54, 1.807) is 35.5 Å². The Bertz CT molecular complexity index is 4620. The van der Waals surface area contributed by atoms with Crippen LogP contribution in [0.3, 0.4) is 0 Å². The SMILES string of the molecule is C=CCNC(=O)C(=O)[C@@H]1CCCCCCCCC[C@H](NC(=O)N[C@H](C(=O)C2CC2)C(C)C)C(=O)N2C[C@H]3[C@@H]([C@H]2C(=O)N1)C3(C)C.C=CCNC(=O)C(=O)[C@@H]1CCCCCCCCC[C@H](NC(=O)N[C@H](C(=O)C2CC2)C2CCCCC2)C(=O)N2C[C@H]3[C@@H]([C@H]2C(=O)N1)C3(C)C.CC1(C)[C@@H]2[C@H]3C(=O)N[C@H](C(=O)C(N)=O)CCCCCCCCC[C@H](NC(=O)NC4(CS(=O)(=O)C(C)(C)C)CCCCC4)C(=O)N3C[C@@H]21. The molecule has 0 spiro atoms. The van der Waals surface area contributed by atoms with Gasteiger partial charge >= 0.3 is 18.1 Å². The first-order chi connectivity index (χ1) is 66.3. The number of piperidine rings is 3. The Labute approximate surface area is 829 Å². The minimum atomic E-state index is -3.55. The summed E-state index contributed by atoms with van der Waals surface area (Å²) in [5.41, 5.74) is 3.90. The molecule has 35 heteroatoms. The van der Waals surface area contributed by atoms with Gasteiger partial charge in [0, 0.05) is 44.6 Å². The zero-order valence-electron chi connectivity index (χ0n) is 85.5. The lowest BCUT2D eigenvalue weighted by molar-refractivity contribution is -0.144. The topological polar surface area (TPSA) is 492 Å². The molecule has 0 radical (unpaired) electrons. The molecule has 15 amide bonds. The van der Waals surface area contributed by atoms with Gasteiger partial charge in [0.05, 0.1) is 46.2 Å². The fourth-order valence-corrected chi connectivity index (χ4v) is 25.6. The number of hydrogen-bond acceptors (Lipinski definition) is 19. The molecule has 13 rings (SSSR count). The molecular weight excluding hydrogens is 1810 g/mol. The third-order valence-electron chi connectivity index (χ3n) is 33.5. The molecule has 6 aliphatic heterocycles. The second-order valence-electron chi connectivity index (χ2n) is 46.1. The van der Waals surface area contributed by atoms with Crippen molar-refractivity contribution < 1.29 is 89.9 Å². The molecule has 0 aromatic carbocycles. The Hall–Kier alpha value is -9.18. The molecular formula is C105H167N15O19S. The van der Waals surface area contributed by atoms with Crippen LogP contribution in [-0.4, -0.2) is 239 Å². The van der Waals surface area contributed by atoms with Crippen molar-refractivity contribution >= 4 is 110 Å². The summed E-state index contributed by atoms with van der Waals surface area (Å²) >= 11 is 0. The average Bonchev–Trinajstić information content (AvgIpc) is 1.53. The molecule has 0 aromatic rings. The average molecular weight is 1980 g/mol. The molecule has 17 atom stereocenters. The maximum absolute atomic E-state index is 14.4. The van der Waals surface area contributed by atoms with Gasteiger partial charge in [-0.3, -0.25) is 67.1 Å². The number of carbonyl (C=O) groups is 17. The third-order valence-corrected chi connectivity index (χ3v) is 36.3. The number of Topliss-reactive ketones (excluding diaryl/α,β-unsaturated/α-hetero) is 5. The minimum absolute atomic E-state index is 0.00955. The monoisotopic (exact) mass is 1970 g/mol. The summed E-state index contributed by atoms with van der Waals surface area (Å²) < 4.78 is 25.6. The highest BCUT2D eigenvalue weighted by Crippen LogP contribution is 2.67. The first-order valence-electron chi connectivity index (χ1n) is 53.4. The number of nitrogens with zero attached hydrogens (tertiary/aromatic N) is 3. The molecule has 7 aliphatic carbocycles. The maximum atomic E-state index is 14.4. The summed E-state index contributed by atoms with van der Waals surface area (Å²) in [6, 6.07) is -11.0. The Morgan fingerprint density at radius 1 is 0.421 bits per heavy atom. The largest absolute Gasteiger partial charge is 0.363 e. The standard InChI is InChI=1S/C37H57N5O6.C34H57N5O7S.C34H53N5O6/c1-4-21-38-34(46)32(44)26-17-13-8-6-5-7-9-14-18-27(35(47)42-22-25-28(37(25,2)3)30(42)33(45)39-26)40-36(48)41-29(31(43)24-19-20-24)23-15-11-10-12-16-23;1-32(2,3)47(45,46)21-34(18-14-11-15-19-34)38-31(44)37-24-17-13-10-8-6-7-9-12-16-23(27(40)28(35)41)36-29(42)26-25-22(33(25,4)5)20-39(26)30(24)43;1-6-18-35-31(43)29(41)23-14-12-10-8-7-9-11-13-15-24(37-33(45)38-26(20(2)3)28(40)21-16-17-21)32(44)39-19-22-25(34(22,4)5)27(39)30(42)36-23/h4,23-30H,1,5-22H2,2-3H3,(H,38,46)(H,39,45)(H2,40,41,48);22-26H,6-21H2,1-5H3,(H2,35,41)(H,36,42)(H2,37,38,44);6,20-27H,1,7-19H2,2-5H3,(H,35,43)(H,36,42)(H2,37,38,45)/t25-,26-,27-,28-,29-,30-;22-,23-,24-,25-,26-;22-,23-,24-,25-,26-,27-/m000/s1. The van der Waals surface area contributed by atoms with E-state index in [4.69, 9.17) is 5.73 Å². The molecule has 0 aromatic heterocycles. The van der Waals surface area contributed by atoms with Gasteiger partial charge in [-0.25, -0.2) is 22.8 Å². The number of carbonyl (C=O) groups excluding carboxylic acids is 17. The van der Waals surface area contributed by atoms with Crippen LogP contribution in [0.4, 0.5) is 14.4 Å². The number of primary amides is 1. The lowest BCUT2D eigenvalue weighted by Crippen LogP contribution is -2.62. The van der Waals surface area contributed by atoms with E-state index in [-0.39, 0.29) is 124 Å². The Morgan fingerprint density at radius 3 is 1.06 bits per heavy atom. The molecule has 782 valence electrons. The normalized spacial score (nSPS) is 30.1. The van der Waals surface area contributed by atoms with Gasteiger partial charge in [0.15, 0.2) is 21.4 Å². The van der Waals surface area contributed by atoms with E-state index in [1.165, 1.54) is 12.2 Å². The number of urea groups is 3. The van der Waals surface area contributed by atoms with Crippen LogP contribution < -0.4 is 64.2 Å².